The number of allylic oxidation sites excluding steroid dienone is 8. The van der Waals surface area contributed by atoms with Crippen molar-refractivity contribution in [1.82, 2.24) is 0 Å². The molecule has 0 fully saturated rings. The molecule has 0 aromatic heterocycles. The molecule has 0 saturated heterocycles. The standard InChI is InChI=1S/C20H30/c1-9-16-12-18(20(7,8)19(16,5)6)15(4)17-11-10-13(2)14(17)3/h10,12H,9,11H2,1-8H3/b18-15+. The zero-order chi connectivity index (χ0) is 15.3. The Morgan fingerprint density at radius 3 is 2.10 bits per heavy atom. The van der Waals surface area contributed by atoms with E-state index in [2.05, 4.69) is 67.5 Å². The van der Waals surface area contributed by atoms with E-state index in [1.54, 1.807) is 16.7 Å². The van der Waals surface area contributed by atoms with E-state index >= 15 is 0 Å². The predicted octanol–water partition coefficient (Wildman–Crippen LogP) is 6.37. The smallest absolute Gasteiger partial charge is 0.00125 e. The molecule has 0 heterocycles. The Labute approximate surface area is 125 Å². The average Bonchev–Trinajstić information content (AvgIpc) is 2.77. The summed E-state index contributed by atoms with van der Waals surface area (Å²) < 4.78 is 0. The van der Waals surface area contributed by atoms with Crippen LogP contribution in [0.15, 0.2) is 45.6 Å². The van der Waals surface area contributed by atoms with E-state index in [0.717, 1.165) is 12.8 Å². The van der Waals surface area contributed by atoms with Crippen LogP contribution in [-0.4, -0.2) is 0 Å². The van der Waals surface area contributed by atoms with Crippen molar-refractivity contribution in [1.29, 1.82) is 0 Å². The van der Waals surface area contributed by atoms with Crippen molar-refractivity contribution >= 4 is 0 Å². The van der Waals surface area contributed by atoms with Gasteiger partial charge in [-0.25, -0.2) is 0 Å². The summed E-state index contributed by atoms with van der Waals surface area (Å²) in [6.45, 7) is 18.8. The van der Waals surface area contributed by atoms with E-state index in [4.69, 9.17) is 0 Å². The van der Waals surface area contributed by atoms with E-state index < -0.39 is 0 Å². The monoisotopic (exact) mass is 270 g/mol. The van der Waals surface area contributed by atoms with Gasteiger partial charge >= 0.3 is 0 Å². The average molecular weight is 270 g/mol. The van der Waals surface area contributed by atoms with Crippen LogP contribution in [0.1, 0.15) is 68.2 Å². The van der Waals surface area contributed by atoms with Crippen molar-refractivity contribution in [3.63, 3.8) is 0 Å². The normalized spacial score (nSPS) is 26.8. The summed E-state index contributed by atoms with van der Waals surface area (Å²) >= 11 is 0. The minimum Gasteiger partial charge on any atom is -0.0769 e. The van der Waals surface area contributed by atoms with Crippen molar-refractivity contribution < 1.29 is 0 Å². The van der Waals surface area contributed by atoms with Crippen LogP contribution in [0.2, 0.25) is 0 Å². The highest BCUT2D eigenvalue weighted by molar-refractivity contribution is 5.56. The van der Waals surface area contributed by atoms with E-state index in [1.165, 1.54) is 16.7 Å². The molecule has 20 heavy (non-hydrogen) atoms. The molecule has 0 radical (unpaired) electrons. The molecule has 0 amide bonds. The van der Waals surface area contributed by atoms with Crippen LogP contribution in [0, 0.1) is 10.8 Å². The fraction of sp³-hybridized carbons (Fsp3) is 0.600. The molecule has 0 aliphatic heterocycles. The van der Waals surface area contributed by atoms with E-state index in [9.17, 15) is 0 Å². The quantitative estimate of drug-likeness (QED) is 0.546. The zero-order valence-corrected chi connectivity index (χ0v) is 14.6. The predicted molar refractivity (Wildman–Crippen MR) is 89.7 cm³/mol. The summed E-state index contributed by atoms with van der Waals surface area (Å²) in [6, 6.07) is 0. The molecule has 2 rings (SSSR count). The first-order valence-electron chi connectivity index (χ1n) is 7.94. The first kappa shape index (κ1) is 15.4. The van der Waals surface area contributed by atoms with Crippen LogP contribution < -0.4 is 0 Å². The Kier molecular flexibility index (Phi) is 3.65. The van der Waals surface area contributed by atoms with Gasteiger partial charge in [0.15, 0.2) is 0 Å². The molecule has 0 aromatic rings. The molecule has 2 aliphatic carbocycles. The third kappa shape index (κ3) is 1.96. The second-order valence-electron chi connectivity index (χ2n) is 7.51. The van der Waals surface area contributed by atoms with Crippen LogP contribution in [0.4, 0.5) is 0 Å². The van der Waals surface area contributed by atoms with Gasteiger partial charge in [-0.05, 0) is 66.7 Å². The molecule has 0 atom stereocenters. The molecule has 0 saturated carbocycles. The maximum atomic E-state index is 2.49. The summed E-state index contributed by atoms with van der Waals surface area (Å²) in [6.07, 6.45) is 7.12. The van der Waals surface area contributed by atoms with Crippen LogP contribution in [-0.2, 0) is 0 Å². The van der Waals surface area contributed by atoms with Crippen molar-refractivity contribution in [2.24, 2.45) is 10.8 Å². The van der Waals surface area contributed by atoms with Gasteiger partial charge in [-0.2, -0.15) is 0 Å². The molecule has 110 valence electrons. The Morgan fingerprint density at radius 1 is 1.10 bits per heavy atom. The fourth-order valence-corrected chi connectivity index (χ4v) is 3.79. The van der Waals surface area contributed by atoms with E-state index in [1.807, 2.05) is 0 Å². The molecule has 0 heteroatoms. The molecular weight excluding hydrogens is 240 g/mol. The lowest BCUT2D eigenvalue weighted by atomic mass is 9.64. The third-order valence-electron chi connectivity index (χ3n) is 6.25. The lowest BCUT2D eigenvalue weighted by molar-refractivity contribution is 0.216. The Balaban J connectivity index is 2.58. The highest BCUT2D eigenvalue weighted by Gasteiger charge is 2.46. The van der Waals surface area contributed by atoms with Crippen LogP contribution in [0.25, 0.3) is 0 Å². The SMILES string of the molecule is CCC1=C/C(=C(/C)C2=C(C)C(C)=CC2)C(C)(C)C1(C)C. The Hall–Kier alpha value is -1.04. The van der Waals surface area contributed by atoms with Crippen LogP contribution in [0.3, 0.4) is 0 Å². The highest BCUT2D eigenvalue weighted by Crippen LogP contribution is 2.57. The molecule has 0 aromatic carbocycles. The van der Waals surface area contributed by atoms with Gasteiger partial charge in [-0.15, -0.1) is 0 Å². The number of hydrogen-bond donors (Lipinski definition) is 0. The van der Waals surface area contributed by atoms with Gasteiger partial charge < -0.3 is 0 Å². The minimum absolute atomic E-state index is 0.214. The summed E-state index contributed by atoms with van der Waals surface area (Å²) in [5.74, 6) is 0. The molecule has 0 bridgehead atoms. The Morgan fingerprint density at radius 2 is 1.70 bits per heavy atom. The second-order valence-corrected chi connectivity index (χ2v) is 7.51. The molecule has 0 N–H and O–H groups in total. The van der Waals surface area contributed by atoms with E-state index in [0.29, 0.717) is 0 Å². The molecule has 2 aliphatic rings. The zero-order valence-electron chi connectivity index (χ0n) is 14.6. The highest BCUT2D eigenvalue weighted by atomic mass is 14.5. The first-order chi connectivity index (χ1) is 9.14. The van der Waals surface area contributed by atoms with Gasteiger partial charge in [0.2, 0.25) is 0 Å². The Bertz CT molecular complexity index is 557. The molecule has 0 unspecified atom stereocenters. The summed E-state index contributed by atoms with van der Waals surface area (Å²) in [4.78, 5) is 0. The van der Waals surface area contributed by atoms with Gasteiger partial charge in [-0.3, -0.25) is 0 Å². The third-order valence-corrected chi connectivity index (χ3v) is 6.25. The summed E-state index contributed by atoms with van der Waals surface area (Å²) in [5.41, 5.74) is 9.62. The lowest BCUT2D eigenvalue weighted by Crippen LogP contribution is -2.31. The first-order valence-corrected chi connectivity index (χ1v) is 7.94. The van der Waals surface area contributed by atoms with Gasteiger partial charge in [0, 0.05) is 0 Å². The van der Waals surface area contributed by atoms with Crippen molar-refractivity contribution in [2.45, 2.75) is 68.2 Å². The van der Waals surface area contributed by atoms with Gasteiger partial charge in [0.25, 0.3) is 0 Å². The van der Waals surface area contributed by atoms with Crippen molar-refractivity contribution in [3.05, 3.63) is 45.6 Å². The van der Waals surface area contributed by atoms with Crippen LogP contribution in [0.5, 0.6) is 0 Å². The lowest BCUT2D eigenvalue weighted by Gasteiger charge is -2.39. The van der Waals surface area contributed by atoms with Crippen LogP contribution >= 0.6 is 0 Å². The maximum Gasteiger partial charge on any atom is -0.00125 e. The molecule has 0 spiro atoms. The van der Waals surface area contributed by atoms with Gasteiger partial charge in [0.05, 0.1) is 0 Å². The number of hydrogen-bond acceptors (Lipinski definition) is 0. The number of rotatable bonds is 2. The second kappa shape index (κ2) is 4.76. The molecule has 0 nitrogen and oxygen atoms in total. The summed E-state index contributed by atoms with van der Waals surface area (Å²) in [7, 11) is 0. The largest absolute Gasteiger partial charge is 0.0769 e. The van der Waals surface area contributed by atoms with Crippen molar-refractivity contribution in [3.8, 4) is 0 Å². The fourth-order valence-electron chi connectivity index (χ4n) is 3.79. The minimum atomic E-state index is 0.214. The topological polar surface area (TPSA) is 0 Å². The van der Waals surface area contributed by atoms with E-state index in [-0.39, 0.29) is 10.8 Å². The van der Waals surface area contributed by atoms with Crippen molar-refractivity contribution in [2.75, 3.05) is 0 Å². The maximum absolute atomic E-state index is 2.49. The summed E-state index contributed by atoms with van der Waals surface area (Å²) in [5, 5.41) is 0. The van der Waals surface area contributed by atoms with Gasteiger partial charge in [0.1, 0.15) is 0 Å². The van der Waals surface area contributed by atoms with Gasteiger partial charge in [-0.1, -0.05) is 57.9 Å². The molecular formula is C20H30.